The minimum atomic E-state index is 0.301. The van der Waals surface area contributed by atoms with Crippen molar-refractivity contribution in [3.63, 3.8) is 0 Å². The molecule has 3 heterocycles. The fourth-order valence-corrected chi connectivity index (χ4v) is 2.51. The molecule has 2 aromatic rings. The highest BCUT2D eigenvalue weighted by Crippen LogP contribution is 2.22. The van der Waals surface area contributed by atoms with Gasteiger partial charge in [-0.1, -0.05) is 6.92 Å². The molecule has 18 heavy (non-hydrogen) atoms. The van der Waals surface area contributed by atoms with Gasteiger partial charge in [0.05, 0.1) is 0 Å². The first-order chi connectivity index (χ1) is 8.65. The lowest BCUT2D eigenvalue weighted by molar-refractivity contribution is 0.380. The van der Waals surface area contributed by atoms with E-state index in [4.69, 9.17) is 5.73 Å². The summed E-state index contributed by atoms with van der Waals surface area (Å²) >= 11 is 0. The zero-order valence-corrected chi connectivity index (χ0v) is 10.7. The van der Waals surface area contributed by atoms with E-state index in [1.54, 1.807) is 10.8 Å². The topological polar surface area (TPSA) is 72.3 Å². The minimum Gasteiger partial charge on any atom is -0.356 e. The first-order valence-electron chi connectivity index (χ1n) is 6.33. The van der Waals surface area contributed by atoms with Gasteiger partial charge in [-0.05, 0) is 19.3 Å². The Bertz CT molecular complexity index is 563. The van der Waals surface area contributed by atoms with Gasteiger partial charge in [0.2, 0.25) is 0 Å². The van der Waals surface area contributed by atoms with E-state index in [1.165, 1.54) is 0 Å². The van der Waals surface area contributed by atoms with Gasteiger partial charge in [-0.3, -0.25) is 0 Å². The van der Waals surface area contributed by atoms with Gasteiger partial charge in [0.15, 0.2) is 0 Å². The summed E-state index contributed by atoms with van der Waals surface area (Å²) in [5.41, 5.74) is 7.03. The molecule has 96 valence electrons. The zero-order valence-electron chi connectivity index (χ0n) is 10.7. The van der Waals surface area contributed by atoms with Crippen LogP contribution in [-0.4, -0.2) is 38.7 Å². The molecule has 0 aromatic carbocycles. The molecule has 2 atom stereocenters. The largest absolute Gasteiger partial charge is 0.356 e. The number of hydrogen-bond acceptors (Lipinski definition) is 5. The molecule has 2 aromatic heterocycles. The van der Waals surface area contributed by atoms with E-state index in [2.05, 4.69) is 33.0 Å². The quantitative estimate of drug-likeness (QED) is 0.798. The SMILES string of the molecule is Cc1cc(N2CCC(N)C(C)C2)n2ncnc2n1. The van der Waals surface area contributed by atoms with E-state index in [-0.39, 0.29) is 0 Å². The number of aromatic nitrogens is 4. The molecule has 0 radical (unpaired) electrons. The van der Waals surface area contributed by atoms with E-state index >= 15 is 0 Å². The third-order valence-electron chi connectivity index (χ3n) is 3.66. The highest BCUT2D eigenvalue weighted by atomic mass is 15.4. The number of nitrogens with two attached hydrogens (primary N) is 1. The lowest BCUT2D eigenvalue weighted by Crippen LogP contribution is -2.46. The molecule has 0 aliphatic carbocycles. The van der Waals surface area contributed by atoms with Crippen molar-refractivity contribution in [1.82, 2.24) is 19.6 Å². The second-order valence-corrected chi connectivity index (χ2v) is 5.10. The summed E-state index contributed by atoms with van der Waals surface area (Å²) in [6, 6.07) is 2.36. The fourth-order valence-electron chi connectivity index (χ4n) is 2.51. The average Bonchev–Trinajstić information content (AvgIpc) is 2.79. The molecular weight excluding hydrogens is 228 g/mol. The molecule has 1 saturated heterocycles. The predicted molar refractivity (Wildman–Crippen MR) is 69.5 cm³/mol. The van der Waals surface area contributed by atoms with Gasteiger partial charge in [0.1, 0.15) is 12.1 Å². The third-order valence-corrected chi connectivity index (χ3v) is 3.66. The van der Waals surface area contributed by atoms with E-state index in [0.717, 1.165) is 31.0 Å². The van der Waals surface area contributed by atoms with Crippen LogP contribution >= 0.6 is 0 Å². The first kappa shape index (κ1) is 11.4. The summed E-state index contributed by atoms with van der Waals surface area (Å²) in [4.78, 5) is 10.8. The second-order valence-electron chi connectivity index (χ2n) is 5.10. The number of piperidine rings is 1. The number of hydrogen-bond donors (Lipinski definition) is 1. The van der Waals surface area contributed by atoms with Crippen molar-refractivity contribution in [3.8, 4) is 0 Å². The standard InChI is InChI=1S/C12H18N6/c1-8-6-17(4-3-10(8)13)11-5-9(2)16-12-14-7-15-18(11)12/h5,7-8,10H,3-4,6,13H2,1-2H3. The molecule has 0 saturated carbocycles. The van der Waals surface area contributed by atoms with Crippen LogP contribution in [-0.2, 0) is 0 Å². The van der Waals surface area contributed by atoms with E-state index in [9.17, 15) is 0 Å². The molecule has 1 aliphatic heterocycles. The molecule has 2 unspecified atom stereocenters. The maximum absolute atomic E-state index is 6.07. The van der Waals surface area contributed by atoms with Crippen LogP contribution in [0, 0.1) is 12.8 Å². The summed E-state index contributed by atoms with van der Waals surface area (Å²) in [5, 5.41) is 4.25. The zero-order chi connectivity index (χ0) is 12.7. The lowest BCUT2D eigenvalue weighted by atomic mass is 9.95. The number of anilines is 1. The van der Waals surface area contributed by atoms with Gasteiger partial charge in [-0.2, -0.15) is 14.6 Å². The van der Waals surface area contributed by atoms with Gasteiger partial charge >= 0.3 is 0 Å². The Kier molecular flexibility index (Phi) is 2.66. The van der Waals surface area contributed by atoms with Crippen LogP contribution in [0.3, 0.4) is 0 Å². The Labute approximate surface area is 106 Å². The minimum absolute atomic E-state index is 0.301. The number of fused-ring (bicyclic) bond motifs is 1. The molecule has 6 heteroatoms. The molecule has 0 spiro atoms. The van der Waals surface area contributed by atoms with Gasteiger partial charge in [0.25, 0.3) is 5.78 Å². The summed E-state index contributed by atoms with van der Waals surface area (Å²) in [6.45, 7) is 6.10. The van der Waals surface area contributed by atoms with Crippen molar-refractivity contribution in [3.05, 3.63) is 18.1 Å². The van der Waals surface area contributed by atoms with Crippen LogP contribution in [0.15, 0.2) is 12.4 Å². The van der Waals surface area contributed by atoms with E-state index in [1.807, 2.05) is 6.92 Å². The van der Waals surface area contributed by atoms with Crippen molar-refractivity contribution < 1.29 is 0 Å². The maximum Gasteiger partial charge on any atom is 0.254 e. The summed E-state index contributed by atoms with van der Waals surface area (Å²) in [6.07, 6.45) is 2.56. The number of rotatable bonds is 1. The van der Waals surface area contributed by atoms with Crippen LogP contribution in [0.4, 0.5) is 5.82 Å². The van der Waals surface area contributed by atoms with Gasteiger partial charge in [-0.15, -0.1) is 0 Å². The molecule has 2 N–H and O–H groups in total. The first-order valence-corrected chi connectivity index (χ1v) is 6.33. The average molecular weight is 246 g/mol. The highest BCUT2D eigenvalue weighted by molar-refractivity contribution is 5.47. The van der Waals surface area contributed by atoms with Crippen LogP contribution in [0.25, 0.3) is 5.78 Å². The molecule has 0 amide bonds. The Morgan fingerprint density at radius 3 is 3.06 bits per heavy atom. The summed E-state index contributed by atoms with van der Waals surface area (Å²) in [5.74, 6) is 2.21. The maximum atomic E-state index is 6.07. The lowest BCUT2D eigenvalue weighted by Gasteiger charge is -2.36. The van der Waals surface area contributed by atoms with Crippen LogP contribution in [0.1, 0.15) is 19.0 Å². The van der Waals surface area contributed by atoms with Gasteiger partial charge < -0.3 is 10.6 Å². The Morgan fingerprint density at radius 2 is 2.28 bits per heavy atom. The smallest absolute Gasteiger partial charge is 0.254 e. The number of aryl methyl sites for hydroxylation is 1. The van der Waals surface area contributed by atoms with Gasteiger partial charge in [0, 0.05) is 30.9 Å². The van der Waals surface area contributed by atoms with E-state index in [0.29, 0.717) is 17.7 Å². The Morgan fingerprint density at radius 1 is 1.44 bits per heavy atom. The third kappa shape index (κ3) is 1.82. The van der Waals surface area contributed by atoms with E-state index < -0.39 is 0 Å². The van der Waals surface area contributed by atoms with Crippen molar-refractivity contribution in [2.24, 2.45) is 11.7 Å². The monoisotopic (exact) mass is 246 g/mol. The highest BCUT2D eigenvalue weighted by Gasteiger charge is 2.25. The van der Waals surface area contributed by atoms with Crippen molar-refractivity contribution in [2.45, 2.75) is 26.3 Å². The molecule has 3 rings (SSSR count). The summed E-state index contributed by atoms with van der Waals surface area (Å²) in [7, 11) is 0. The van der Waals surface area contributed by atoms with Crippen molar-refractivity contribution in [1.29, 1.82) is 0 Å². The van der Waals surface area contributed by atoms with Crippen molar-refractivity contribution in [2.75, 3.05) is 18.0 Å². The molecule has 1 fully saturated rings. The normalized spacial score (nSPS) is 24.7. The molecule has 0 bridgehead atoms. The Hall–Kier alpha value is -1.69. The second kappa shape index (κ2) is 4.20. The Balaban J connectivity index is 2.01. The van der Waals surface area contributed by atoms with Crippen LogP contribution < -0.4 is 10.6 Å². The summed E-state index contributed by atoms with van der Waals surface area (Å²) < 4.78 is 1.80. The fraction of sp³-hybridized carbons (Fsp3) is 0.583. The number of nitrogens with zero attached hydrogens (tertiary/aromatic N) is 5. The molecule has 6 nitrogen and oxygen atoms in total. The van der Waals surface area contributed by atoms with Crippen LogP contribution in [0.2, 0.25) is 0 Å². The van der Waals surface area contributed by atoms with Gasteiger partial charge in [-0.25, -0.2) is 4.98 Å². The molecular formula is C12H18N6. The van der Waals surface area contributed by atoms with Crippen molar-refractivity contribution >= 4 is 11.6 Å². The predicted octanol–water partition coefficient (Wildman–Crippen LogP) is 0.606. The molecule has 1 aliphatic rings. The van der Waals surface area contributed by atoms with Crippen LogP contribution in [0.5, 0.6) is 0 Å².